The topological polar surface area (TPSA) is 49.3 Å². The standard InChI is InChI=1S/C19H15ClFNO2/c20-15-9-10(19(23)24)8-14-11-5-3-6-12(11)17(22-18(14)15)13-4-1-2-7-16(13)21/h1-5,7-9,11-12,17,22H,6H2,(H,23,24)/t11?,12?,17-/m1/s1. The van der Waals surface area contributed by atoms with Crippen molar-refractivity contribution >= 4 is 23.3 Å². The quantitative estimate of drug-likeness (QED) is 0.754. The Morgan fingerprint density at radius 2 is 2.04 bits per heavy atom. The lowest BCUT2D eigenvalue weighted by atomic mass is 9.76. The molecule has 3 atom stereocenters. The molecule has 122 valence electrons. The van der Waals surface area contributed by atoms with Crippen LogP contribution in [-0.4, -0.2) is 11.1 Å². The molecule has 1 heterocycles. The first-order valence-corrected chi connectivity index (χ1v) is 8.18. The number of carboxylic acid groups (broad SMARTS) is 1. The summed E-state index contributed by atoms with van der Waals surface area (Å²) in [4.78, 5) is 11.3. The minimum absolute atomic E-state index is 0.0302. The highest BCUT2D eigenvalue weighted by molar-refractivity contribution is 6.33. The van der Waals surface area contributed by atoms with E-state index in [4.69, 9.17) is 11.6 Å². The average Bonchev–Trinajstić information content (AvgIpc) is 3.05. The molecule has 2 N–H and O–H groups in total. The van der Waals surface area contributed by atoms with Crippen LogP contribution < -0.4 is 5.32 Å². The molecule has 0 fully saturated rings. The predicted octanol–water partition coefficient (Wildman–Crippen LogP) is 5.00. The molecule has 0 amide bonds. The van der Waals surface area contributed by atoms with Gasteiger partial charge in [-0.2, -0.15) is 0 Å². The van der Waals surface area contributed by atoms with Crippen LogP contribution in [0, 0.1) is 11.7 Å². The maximum absolute atomic E-state index is 14.3. The molecule has 2 aromatic carbocycles. The van der Waals surface area contributed by atoms with E-state index >= 15 is 0 Å². The van der Waals surface area contributed by atoms with E-state index in [1.807, 2.05) is 6.07 Å². The summed E-state index contributed by atoms with van der Waals surface area (Å²) in [6, 6.07) is 9.64. The van der Waals surface area contributed by atoms with Gasteiger partial charge in [0.25, 0.3) is 0 Å². The van der Waals surface area contributed by atoms with Crippen molar-refractivity contribution in [1.29, 1.82) is 0 Å². The maximum atomic E-state index is 14.3. The number of hydrogen-bond acceptors (Lipinski definition) is 2. The van der Waals surface area contributed by atoms with Gasteiger partial charge in [-0.1, -0.05) is 42.0 Å². The molecule has 5 heteroatoms. The number of carboxylic acids is 1. The molecular formula is C19H15ClFNO2. The van der Waals surface area contributed by atoms with Gasteiger partial charge < -0.3 is 10.4 Å². The molecule has 2 aromatic rings. The number of halogens is 2. The maximum Gasteiger partial charge on any atom is 0.335 e. The van der Waals surface area contributed by atoms with Gasteiger partial charge in [0.15, 0.2) is 0 Å². The molecule has 0 spiro atoms. The first-order valence-electron chi connectivity index (χ1n) is 7.80. The van der Waals surface area contributed by atoms with Crippen LogP contribution >= 0.6 is 11.6 Å². The number of allylic oxidation sites excluding steroid dienone is 2. The van der Waals surface area contributed by atoms with Crippen molar-refractivity contribution in [2.45, 2.75) is 18.4 Å². The van der Waals surface area contributed by atoms with Gasteiger partial charge in [-0.05, 0) is 36.1 Å². The molecule has 0 saturated carbocycles. The van der Waals surface area contributed by atoms with Gasteiger partial charge in [-0.15, -0.1) is 0 Å². The number of aromatic carboxylic acids is 1. The van der Waals surface area contributed by atoms with E-state index in [0.717, 1.165) is 12.0 Å². The lowest BCUT2D eigenvalue weighted by Crippen LogP contribution is -2.30. The van der Waals surface area contributed by atoms with Crippen LogP contribution in [0.15, 0.2) is 48.6 Å². The molecule has 2 aliphatic rings. The van der Waals surface area contributed by atoms with E-state index in [9.17, 15) is 14.3 Å². The summed E-state index contributed by atoms with van der Waals surface area (Å²) in [7, 11) is 0. The second-order valence-corrected chi connectivity index (χ2v) is 6.63. The third-order valence-electron chi connectivity index (χ3n) is 4.91. The number of nitrogens with one attached hydrogen (secondary N) is 1. The molecular weight excluding hydrogens is 329 g/mol. The minimum atomic E-state index is -1.01. The zero-order valence-electron chi connectivity index (χ0n) is 12.7. The highest BCUT2D eigenvalue weighted by atomic mass is 35.5. The molecule has 0 radical (unpaired) electrons. The fraction of sp³-hybridized carbons (Fsp3) is 0.211. The number of fused-ring (bicyclic) bond motifs is 3. The van der Waals surface area contributed by atoms with E-state index in [1.54, 1.807) is 18.2 Å². The fourth-order valence-corrected chi connectivity index (χ4v) is 4.10. The monoisotopic (exact) mass is 343 g/mol. The van der Waals surface area contributed by atoms with E-state index in [-0.39, 0.29) is 29.3 Å². The number of rotatable bonds is 2. The smallest absolute Gasteiger partial charge is 0.335 e. The van der Waals surface area contributed by atoms with Gasteiger partial charge in [-0.25, -0.2) is 9.18 Å². The van der Waals surface area contributed by atoms with Gasteiger partial charge >= 0.3 is 5.97 Å². The van der Waals surface area contributed by atoms with Gasteiger partial charge in [-0.3, -0.25) is 0 Å². The molecule has 3 nitrogen and oxygen atoms in total. The van der Waals surface area contributed by atoms with Crippen LogP contribution in [0.2, 0.25) is 5.02 Å². The van der Waals surface area contributed by atoms with Gasteiger partial charge in [0, 0.05) is 11.5 Å². The number of benzene rings is 2. The summed E-state index contributed by atoms with van der Waals surface area (Å²) < 4.78 is 14.3. The largest absolute Gasteiger partial charge is 0.478 e. The summed E-state index contributed by atoms with van der Waals surface area (Å²) in [5.41, 5.74) is 2.35. The highest BCUT2D eigenvalue weighted by Gasteiger charge is 2.40. The van der Waals surface area contributed by atoms with Crippen LogP contribution in [0.25, 0.3) is 0 Å². The van der Waals surface area contributed by atoms with Crippen molar-refractivity contribution in [3.05, 3.63) is 76.1 Å². The average molecular weight is 344 g/mol. The van der Waals surface area contributed by atoms with Crippen LogP contribution in [0.1, 0.15) is 39.9 Å². The number of hydrogen-bond donors (Lipinski definition) is 2. The molecule has 0 aromatic heterocycles. The Bertz CT molecular complexity index is 864. The zero-order chi connectivity index (χ0) is 16.8. The Morgan fingerprint density at radius 1 is 1.25 bits per heavy atom. The molecule has 1 aliphatic carbocycles. The third kappa shape index (κ3) is 2.29. The summed E-state index contributed by atoms with van der Waals surface area (Å²) in [6.07, 6.45) is 4.95. The molecule has 0 saturated heterocycles. The van der Waals surface area contributed by atoms with E-state index in [1.165, 1.54) is 12.1 Å². The normalized spacial score (nSPS) is 24.2. The third-order valence-corrected chi connectivity index (χ3v) is 5.21. The van der Waals surface area contributed by atoms with Crippen LogP contribution in [0.5, 0.6) is 0 Å². The van der Waals surface area contributed by atoms with Crippen molar-refractivity contribution in [1.82, 2.24) is 0 Å². The lowest BCUT2D eigenvalue weighted by Gasteiger charge is -2.38. The van der Waals surface area contributed by atoms with Crippen molar-refractivity contribution in [2.75, 3.05) is 5.32 Å². The Hall–Kier alpha value is -2.33. The van der Waals surface area contributed by atoms with E-state index in [2.05, 4.69) is 17.5 Å². The number of carbonyl (C=O) groups is 1. The molecule has 2 unspecified atom stereocenters. The first-order chi connectivity index (χ1) is 11.6. The fourth-order valence-electron chi connectivity index (χ4n) is 3.81. The highest BCUT2D eigenvalue weighted by Crippen LogP contribution is 2.52. The Labute approximate surface area is 143 Å². The molecule has 1 aliphatic heterocycles. The second-order valence-electron chi connectivity index (χ2n) is 6.22. The van der Waals surface area contributed by atoms with Crippen molar-refractivity contribution in [3.63, 3.8) is 0 Å². The lowest BCUT2D eigenvalue weighted by molar-refractivity contribution is 0.0696. The van der Waals surface area contributed by atoms with Crippen molar-refractivity contribution < 1.29 is 14.3 Å². The summed E-state index contributed by atoms with van der Waals surface area (Å²) in [5.74, 6) is -1.09. The van der Waals surface area contributed by atoms with Crippen LogP contribution in [0.4, 0.5) is 10.1 Å². The first kappa shape index (κ1) is 15.2. The van der Waals surface area contributed by atoms with Crippen molar-refractivity contribution in [2.24, 2.45) is 5.92 Å². The predicted molar refractivity (Wildman–Crippen MR) is 91.2 cm³/mol. The Kier molecular flexibility index (Phi) is 3.57. The van der Waals surface area contributed by atoms with Gasteiger partial charge in [0.2, 0.25) is 0 Å². The van der Waals surface area contributed by atoms with Gasteiger partial charge in [0.05, 0.1) is 22.3 Å². The zero-order valence-corrected chi connectivity index (χ0v) is 13.4. The van der Waals surface area contributed by atoms with E-state index < -0.39 is 5.97 Å². The van der Waals surface area contributed by atoms with Crippen LogP contribution in [-0.2, 0) is 0 Å². The second kappa shape index (κ2) is 5.64. The van der Waals surface area contributed by atoms with Crippen molar-refractivity contribution in [3.8, 4) is 0 Å². The Balaban J connectivity index is 1.85. The summed E-state index contributed by atoms with van der Waals surface area (Å²) >= 11 is 6.33. The number of anilines is 1. The van der Waals surface area contributed by atoms with Crippen LogP contribution in [0.3, 0.4) is 0 Å². The Morgan fingerprint density at radius 3 is 2.79 bits per heavy atom. The molecule has 0 bridgehead atoms. The molecule has 24 heavy (non-hydrogen) atoms. The van der Waals surface area contributed by atoms with Gasteiger partial charge in [0.1, 0.15) is 5.82 Å². The van der Waals surface area contributed by atoms with E-state index in [0.29, 0.717) is 16.3 Å². The summed E-state index contributed by atoms with van der Waals surface area (Å²) in [5, 5.41) is 13.0. The molecule has 4 rings (SSSR count). The SMILES string of the molecule is O=C(O)c1cc(Cl)c2c(c1)C1C=CCC1[C@H](c1ccccc1F)N2. The summed E-state index contributed by atoms with van der Waals surface area (Å²) in [6.45, 7) is 0. The minimum Gasteiger partial charge on any atom is -0.478 e.